The van der Waals surface area contributed by atoms with E-state index in [9.17, 15) is 4.79 Å². The molecule has 1 heterocycles. The van der Waals surface area contributed by atoms with Gasteiger partial charge in [0.2, 0.25) is 0 Å². The van der Waals surface area contributed by atoms with E-state index in [1.807, 2.05) is 43.3 Å². The fourth-order valence-electron chi connectivity index (χ4n) is 2.69. The summed E-state index contributed by atoms with van der Waals surface area (Å²) in [6.45, 7) is 3.00. The zero-order valence-electron chi connectivity index (χ0n) is 11.8. The Morgan fingerprint density at radius 3 is 2.80 bits per heavy atom. The highest BCUT2D eigenvalue weighted by molar-refractivity contribution is 6.05. The van der Waals surface area contributed by atoms with Gasteiger partial charge in [-0.2, -0.15) is 0 Å². The highest BCUT2D eigenvalue weighted by atomic mass is 16.1. The molecule has 0 bridgehead atoms. The van der Waals surface area contributed by atoms with E-state index in [4.69, 9.17) is 0 Å². The molecule has 2 aromatic carbocycles. The first-order valence-corrected chi connectivity index (χ1v) is 6.86. The molecule has 3 heteroatoms. The molecule has 0 unspecified atom stereocenters. The number of nitrogens with zero attached hydrogens (tertiary/aromatic N) is 1. The van der Waals surface area contributed by atoms with Crippen molar-refractivity contribution in [3.63, 3.8) is 0 Å². The van der Waals surface area contributed by atoms with Crippen LogP contribution in [0, 0.1) is 6.92 Å². The van der Waals surface area contributed by atoms with E-state index in [1.165, 1.54) is 11.3 Å². The molecular weight excluding hydrogens is 248 g/mol. The molecule has 3 nitrogen and oxygen atoms in total. The fourth-order valence-corrected chi connectivity index (χ4v) is 2.69. The first kappa shape index (κ1) is 12.7. The standard InChI is InChI=1S/C17H18N2O/c1-12-5-3-6-13(11-12)17(20)18-15-7-4-8-16-14(15)9-10-19(16)2/h3-8,11H,9-10H2,1-2H3,(H,18,20). The summed E-state index contributed by atoms with van der Waals surface area (Å²) in [7, 11) is 2.08. The highest BCUT2D eigenvalue weighted by Gasteiger charge is 2.19. The SMILES string of the molecule is Cc1cccc(C(=O)Nc2cccc3c2CCN3C)c1. The zero-order valence-corrected chi connectivity index (χ0v) is 11.8. The third kappa shape index (κ3) is 2.27. The second-order valence-electron chi connectivity index (χ2n) is 5.30. The van der Waals surface area contributed by atoms with Crippen molar-refractivity contribution < 1.29 is 4.79 Å². The fraction of sp³-hybridized carbons (Fsp3) is 0.235. The summed E-state index contributed by atoms with van der Waals surface area (Å²) in [4.78, 5) is 14.5. The second-order valence-corrected chi connectivity index (χ2v) is 5.30. The van der Waals surface area contributed by atoms with Crippen molar-refractivity contribution in [1.82, 2.24) is 0 Å². The van der Waals surface area contributed by atoms with Crippen LogP contribution in [0.15, 0.2) is 42.5 Å². The number of carbonyl (C=O) groups is 1. The maximum Gasteiger partial charge on any atom is 0.255 e. The van der Waals surface area contributed by atoms with Crippen LogP contribution in [0.4, 0.5) is 11.4 Å². The van der Waals surface area contributed by atoms with Crippen molar-refractivity contribution in [3.05, 3.63) is 59.2 Å². The predicted molar refractivity (Wildman–Crippen MR) is 82.5 cm³/mol. The maximum absolute atomic E-state index is 12.3. The average Bonchev–Trinajstić information content (AvgIpc) is 2.82. The quantitative estimate of drug-likeness (QED) is 0.905. The number of likely N-dealkylation sites (N-methyl/N-ethyl adjacent to an activating group) is 1. The number of amides is 1. The van der Waals surface area contributed by atoms with E-state index in [0.717, 1.165) is 24.2 Å². The maximum atomic E-state index is 12.3. The lowest BCUT2D eigenvalue weighted by Gasteiger charge is -2.13. The van der Waals surface area contributed by atoms with Crippen LogP contribution < -0.4 is 10.2 Å². The summed E-state index contributed by atoms with van der Waals surface area (Å²) in [5, 5.41) is 3.04. The van der Waals surface area contributed by atoms with Gasteiger partial charge in [0.15, 0.2) is 0 Å². The number of benzene rings is 2. The van der Waals surface area contributed by atoms with Crippen LogP contribution >= 0.6 is 0 Å². The van der Waals surface area contributed by atoms with Gasteiger partial charge < -0.3 is 10.2 Å². The zero-order chi connectivity index (χ0) is 14.1. The van der Waals surface area contributed by atoms with Crippen molar-refractivity contribution in [2.24, 2.45) is 0 Å². The van der Waals surface area contributed by atoms with Gasteiger partial charge in [-0.1, -0.05) is 23.8 Å². The number of nitrogens with one attached hydrogen (secondary N) is 1. The summed E-state index contributed by atoms with van der Waals surface area (Å²) >= 11 is 0. The minimum absolute atomic E-state index is 0.0448. The molecule has 1 N–H and O–H groups in total. The molecule has 0 fully saturated rings. The van der Waals surface area contributed by atoms with Gasteiger partial charge in [0.25, 0.3) is 5.91 Å². The summed E-state index contributed by atoms with van der Waals surface area (Å²) in [6, 6.07) is 13.7. The summed E-state index contributed by atoms with van der Waals surface area (Å²) < 4.78 is 0. The molecule has 20 heavy (non-hydrogen) atoms. The van der Waals surface area contributed by atoms with Crippen LogP contribution in [0.25, 0.3) is 0 Å². The smallest absolute Gasteiger partial charge is 0.255 e. The Kier molecular flexibility index (Phi) is 3.18. The highest BCUT2D eigenvalue weighted by Crippen LogP contribution is 2.32. The Morgan fingerprint density at radius 2 is 2.00 bits per heavy atom. The lowest BCUT2D eigenvalue weighted by Crippen LogP contribution is -2.13. The molecule has 0 saturated carbocycles. The van der Waals surface area contributed by atoms with Gasteiger partial charge in [-0.3, -0.25) is 4.79 Å². The minimum atomic E-state index is -0.0448. The molecule has 0 saturated heterocycles. The van der Waals surface area contributed by atoms with Crippen LogP contribution in [0.3, 0.4) is 0 Å². The van der Waals surface area contributed by atoms with Crippen LogP contribution in [-0.4, -0.2) is 19.5 Å². The Bertz CT molecular complexity index is 664. The third-order valence-electron chi connectivity index (χ3n) is 3.79. The van der Waals surface area contributed by atoms with E-state index in [1.54, 1.807) is 0 Å². The number of fused-ring (bicyclic) bond motifs is 1. The lowest BCUT2D eigenvalue weighted by atomic mass is 10.1. The van der Waals surface area contributed by atoms with Gasteiger partial charge >= 0.3 is 0 Å². The molecule has 102 valence electrons. The molecule has 0 aromatic heterocycles. The monoisotopic (exact) mass is 266 g/mol. The van der Waals surface area contributed by atoms with Crippen LogP contribution in [0.5, 0.6) is 0 Å². The van der Waals surface area contributed by atoms with Gasteiger partial charge in [0, 0.05) is 36.1 Å². The lowest BCUT2D eigenvalue weighted by molar-refractivity contribution is 0.102. The molecule has 0 radical (unpaired) electrons. The molecule has 0 spiro atoms. The van der Waals surface area contributed by atoms with E-state index in [2.05, 4.69) is 23.3 Å². The number of aryl methyl sites for hydroxylation is 1. The minimum Gasteiger partial charge on any atom is -0.374 e. The molecule has 1 aliphatic rings. The van der Waals surface area contributed by atoms with Gasteiger partial charge in [-0.05, 0) is 37.6 Å². The van der Waals surface area contributed by atoms with Crippen molar-refractivity contribution in [2.75, 3.05) is 23.8 Å². The number of hydrogen-bond acceptors (Lipinski definition) is 2. The van der Waals surface area contributed by atoms with Gasteiger partial charge in [-0.15, -0.1) is 0 Å². The molecule has 1 aliphatic heterocycles. The number of hydrogen-bond donors (Lipinski definition) is 1. The second kappa shape index (κ2) is 5.00. The molecule has 2 aromatic rings. The topological polar surface area (TPSA) is 32.3 Å². The number of anilines is 2. The molecule has 0 atom stereocenters. The van der Waals surface area contributed by atoms with Crippen molar-refractivity contribution in [1.29, 1.82) is 0 Å². The van der Waals surface area contributed by atoms with Crippen molar-refractivity contribution in [3.8, 4) is 0 Å². The summed E-state index contributed by atoms with van der Waals surface area (Å²) in [5.41, 5.74) is 5.17. The third-order valence-corrected chi connectivity index (χ3v) is 3.79. The van der Waals surface area contributed by atoms with E-state index >= 15 is 0 Å². The molecule has 3 rings (SSSR count). The van der Waals surface area contributed by atoms with Crippen LogP contribution in [-0.2, 0) is 6.42 Å². The Morgan fingerprint density at radius 1 is 1.20 bits per heavy atom. The summed E-state index contributed by atoms with van der Waals surface area (Å²) in [6.07, 6.45) is 0.982. The largest absolute Gasteiger partial charge is 0.374 e. The Labute approximate surface area is 119 Å². The Hall–Kier alpha value is -2.29. The van der Waals surface area contributed by atoms with Gasteiger partial charge in [-0.25, -0.2) is 0 Å². The number of carbonyl (C=O) groups excluding carboxylic acids is 1. The van der Waals surface area contributed by atoms with E-state index < -0.39 is 0 Å². The Balaban J connectivity index is 1.87. The normalized spacial score (nSPS) is 13.2. The predicted octanol–water partition coefficient (Wildman–Crippen LogP) is 3.24. The molecule has 1 amide bonds. The first-order chi connectivity index (χ1) is 9.65. The van der Waals surface area contributed by atoms with Crippen molar-refractivity contribution >= 4 is 17.3 Å². The summed E-state index contributed by atoms with van der Waals surface area (Å²) in [5.74, 6) is -0.0448. The van der Waals surface area contributed by atoms with Crippen LogP contribution in [0.2, 0.25) is 0 Å². The number of rotatable bonds is 2. The molecule has 0 aliphatic carbocycles. The van der Waals surface area contributed by atoms with Gasteiger partial charge in [0.05, 0.1) is 0 Å². The molecular formula is C17H18N2O. The first-order valence-electron chi connectivity index (χ1n) is 6.86. The van der Waals surface area contributed by atoms with Crippen molar-refractivity contribution in [2.45, 2.75) is 13.3 Å². The van der Waals surface area contributed by atoms with Gasteiger partial charge in [0.1, 0.15) is 0 Å². The average molecular weight is 266 g/mol. The van der Waals surface area contributed by atoms with Crippen LogP contribution in [0.1, 0.15) is 21.5 Å². The van der Waals surface area contributed by atoms with E-state index in [0.29, 0.717) is 5.56 Å². The van der Waals surface area contributed by atoms with E-state index in [-0.39, 0.29) is 5.91 Å².